The van der Waals surface area contributed by atoms with Gasteiger partial charge in [0.15, 0.2) is 0 Å². The fraction of sp³-hybridized carbons (Fsp3) is 0.500. The minimum absolute atomic E-state index is 0.280. The predicted molar refractivity (Wildman–Crippen MR) is 90.3 cm³/mol. The molecule has 4 rings (SSSR count). The van der Waals surface area contributed by atoms with Crippen LogP contribution in [0.25, 0.3) is 11.0 Å². The summed E-state index contributed by atoms with van der Waals surface area (Å²) in [6.07, 6.45) is 4.97. The van der Waals surface area contributed by atoms with Crippen molar-refractivity contribution < 1.29 is 9.15 Å². The smallest absolute Gasteiger partial charge is 0.339 e. The van der Waals surface area contributed by atoms with Gasteiger partial charge in [-0.2, -0.15) is 0 Å². The Morgan fingerprint density at radius 1 is 1.22 bits per heavy atom. The van der Waals surface area contributed by atoms with Crippen molar-refractivity contribution in [2.45, 2.75) is 52.1 Å². The lowest BCUT2D eigenvalue weighted by Crippen LogP contribution is -2.39. The minimum atomic E-state index is -0.280. The Bertz CT molecular complexity index is 837. The average molecular weight is 334 g/mol. The van der Waals surface area contributed by atoms with Gasteiger partial charge in [-0.3, -0.25) is 4.90 Å². The fourth-order valence-corrected chi connectivity index (χ4v) is 4.06. The van der Waals surface area contributed by atoms with Crippen LogP contribution in [0.15, 0.2) is 15.3 Å². The molecule has 1 saturated carbocycles. The molecule has 2 aromatic rings. The molecule has 122 valence electrons. The van der Waals surface area contributed by atoms with E-state index in [0.29, 0.717) is 34.7 Å². The van der Waals surface area contributed by atoms with Crippen molar-refractivity contribution in [2.24, 2.45) is 0 Å². The third-order valence-electron chi connectivity index (χ3n) is 5.33. The molecule has 1 aromatic heterocycles. The topological polar surface area (TPSA) is 42.7 Å². The second kappa shape index (κ2) is 5.53. The highest BCUT2D eigenvalue weighted by molar-refractivity contribution is 6.33. The first kappa shape index (κ1) is 15.0. The zero-order chi connectivity index (χ0) is 16.1. The quantitative estimate of drug-likeness (QED) is 0.735. The lowest BCUT2D eigenvalue weighted by molar-refractivity contribution is 0.0582. The van der Waals surface area contributed by atoms with Crippen LogP contribution < -0.4 is 10.4 Å². The molecular weight excluding hydrogens is 314 g/mol. The molecule has 0 bridgehead atoms. The molecule has 0 radical (unpaired) electrons. The molecule has 0 saturated heterocycles. The fourth-order valence-electron chi connectivity index (χ4n) is 3.79. The van der Waals surface area contributed by atoms with Gasteiger partial charge in [-0.1, -0.05) is 24.4 Å². The summed E-state index contributed by atoms with van der Waals surface area (Å²) in [5.74, 6) is 0.666. The van der Waals surface area contributed by atoms with Crippen molar-refractivity contribution in [3.63, 3.8) is 0 Å². The summed E-state index contributed by atoms with van der Waals surface area (Å²) in [6, 6.07) is 2.40. The number of benzene rings is 1. The minimum Gasteiger partial charge on any atom is -0.476 e. The van der Waals surface area contributed by atoms with Gasteiger partial charge in [0.25, 0.3) is 0 Å². The third kappa shape index (κ3) is 2.36. The van der Waals surface area contributed by atoms with Gasteiger partial charge in [0.05, 0.1) is 10.6 Å². The van der Waals surface area contributed by atoms with E-state index in [2.05, 4.69) is 4.90 Å². The maximum Gasteiger partial charge on any atom is 0.339 e. The van der Waals surface area contributed by atoms with E-state index < -0.39 is 0 Å². The Hall–Kier alpha value is -1.52. The summed E-state index contributed by atoms with van der Waals surface area (Å²) < 4.78 is 11.5. The van der Waals surface area contributed by atoms with E-state index in [4.69, 9.17) is 20.8 Å². The van der Waals surface area contributed by atoms with Crippen LogP contribution in [0.2, 0.25) is 5.02 Å². The van der Waals surface area contributed by atoms with Gasteiger partial charge in [0.1, 0.15) is 18.1 Å². The first-order valence-electron chi connectivity index (χ1n) is 8.18. The molecule has 5 heteroatoms. The summed E-state index contributed by atoms with van der Waals surface area (Å²) in [5, 5.41) is 1.50. The van der Waals surface area contributed by atoms with Crippen molar-refractivity contribution in [1.82, 2.24) is 4.90 Å². The monoisotopic (exact) mass is 333 g/mol. The molecule has 23 heavy (non-hydrogen) atoms. The van der Waals surface area contributed by atoms with Gasteiger partial charge >= 0.3 is 5.63 Å². The Labute approximate surface area is 140 Å². The summed E-state index contributed by atoms with van der Waals surface area (Å²) in [5.41, 5.74) is 2.82. The van der Waals surface area contributed by atoms with Crippen molar-refractivity contribution >= 4 is 22.6 Å². The molecule has 0 amide bonds. The van der Waals surface area contributed by atoms with Gasteiger partial charge < -0.3 is 9.15 Å². The second-order valence-electron chi connectivity index (χ2n) is 6.64. The number of hydrogen-bond donors (Lipinski definition) is 0. The second-order valence-corrected chi connectivity index (χ2v) is 7.05. The van der Waals surface area contributed by atoms with Crippen LogP contribution in [-0.2, 0) is 6.54 Å². The molecule has 2 heterocycles. The zero-order valence-corrected chi connectivity index (χ0v) is 14.2. The highest BCUT2D eigenvalue weighted by atomic mass is 35.5. The van der Waals surface area contributed by atoms with Crippen LogP contribution in [0.5, 0.6) is 5.75 Å². The molecule has 2 aliphatic rings. The Morgan fingerprint density at radius 3 is 2.70 bits per heavy atom. The Kier molecular flexibility index (Phi) is 3.62. The predicted octanol–water partition coefficient (Wildman–Crippen LogP) is 4.16. The zero-order valence-electron chi connectivity index (χ0n) is 13.4. The normalized spacial score (nSPS) is 19.1. The largest absolute Gasteiger partial charge is 0.476 e. The molecule has 4 nitrogen and oxygen atoms in total. The van der Waals surface area contributed by atoms with Gasteiger partial charge in [0, 0.05) is 23.5 Å². The average Bonchev–Trinajstić information content (AvgIpc) is 3.08. The highest BCUT2D eigenvalue weighted by Gasteiger charge is 2.30. The molecule has 0 unspecified atom stereocenters. The van der Waals surface area contributed by atoms with Gasteiger partial charge in [-0.05, 0) is 38.3 Å². The molecule has 0 atom stereocenters. The Balaban J connectivity index is 1.88. The van der Waals surface area contributed by atoms with Crippen LogP contribution in [0, 0.1) is 13.8 Å². The maximum absolute atomic E-state index is 12.1. The number of fused-ring (bicyclic) bond motifs is 3. The van der Waals surface area contributed by atoms with Crippen molar-refractivity contribution in [1.29, 1.82) is 0 Å². The molecule has 0 spiro atoms. The van der Waals surface area contributed by atoms with Crippen molar-refractivity contribution in [2.75, 3.05) is 6.73 Å². The van der Waals surface area contributed by atoms with Gasteiger partial charge in [0.2, 0.25) is 0 Å². The molecular formula is C18H20ClNO3. The summed E-state index contributed by atoms with van der Waals surface area (Å²) in [4.78, 5) is 14.4. The number of hydrogen-bond acceptors (Lipinski definition) is 4. The number of ether oxygens (including phenoxy) is 1. The van der Waals surface area contributed by atoms with E-state index in [-0.39, 0.29) is 5.63 Å². The van der Waals surface area contributed by atoms with Crippen LogP contribution in [0.4, 0.5) is 0 Å². The third-order valence-corrected chi connectivity index (χ3v) is 5.61. The molecule has 0 N–H and O–H groups in total. The van der Waals surface area contributed by atoms with Gasteiger partial charge in [-0.15, -0.1) is 0 Å². The number of nitrogens with zero attached hydrogens (tertiary/aromatic N) is 1. The Morgan fingerprint density at radius 2 is 1.96 bits per heavy atom. The SMILES string of the molecule is Cc1c(C)c2cc(Cl)c3c(c2oc1=O)CN(C1CCCC1)CO3. The van der Waals surface area contributed by atoms with Crippen LogP contribution >= 0.6 is 11.6 Å². The lowest BCUT2D eigenvalue weighted by atomic mass is 10.0. The number of halogens is 1. The van der Waals surface area contributed by atoms with E-state index in [9.17, 15) is 4.79 Å². The van der Waals surface area contributed by atoms with Crippen LogP contribution in [-0.4, -0.2) is 17.7 Å². The van der Waals surface area contributed by atoms with Crippen LogP contribution in [0.1, 0.15) is 42.4 Å². The van der Waals surface area contributed by atoms with E-state index >= 15 is 0 Å². The summed E-state index contributed by atoms with van der Waals surface area (Å²) in [7, 11) is 0. The van der Waals surface area contributed by atoms with Crippen LogP contribution in [0.3, 0.4) is 0 Å². The van der Waals surface area contributed by atoms with Gasteiger partial charge in [-0.25, -0.2) is 4.79 Å². The van der Waals surface area contributed by atoms with Crippen molar-refractivity contribution in [3.05, 3.63) is 38.2 Å². The number of aryl methyl sites for hydroxylation is 1. The first-order valence-corrected chi connectivity index (χ1v) is 8.56. The standard InChI is InChI=1S/C18H20ClNO3/c1-10-11(2)18(21)23-16-13(10)7-15(19)17-14(16)8-20(9-22-17)12-5-3-4-6-12/h7,12H,3-6,8-9H2,1-2H3. The first-order chi connectivity index (χ1) is 11.1. The maximum atomic E-state index is 12.1. The summed E-state index contributed by atoms with van der Waals surface area (Å²) >= 11 is 6.43. The molecule has 1 aliphatic carbocycles. The lowest BCUT2D eigenvalue weighted by Gasteiger charge is -2.34. The van der Waals surface area contributed by atoms with E-state index in [0.717, 1.165) is 23.1 Å². The number of rotatable bonds is 1. The highest BCUT2D eigenvalue weighted by Crippen LogP contribution is 2.41. The molecule has 1 aromatic carbocycles. The van der Waals surface area contributed by atoms with Crippen molar-refractivity contribution in [3.8, 4) is 5.75 Å². The molecule has 1 aliphatic heterocycles. The molecule has 1 fully saturated rings. The van der Waals surface area contributed by atoms with E-state index in [1.807, 2.05) is 13.0 Å². The van der Waals surface area contributed by atoms with E-state index in [1.165, 1.54) is 25.7 Å². The van der Waals surface area contributed by atoms with E-state index in [1.54, 1.807) is 6.92 Å². The summed E-state index contributed by atoms with van der Waals surface area (Å²) in [6.45, 7) is 5.01.